The van der Waals surface area contributed by atoms with Crippen molar-refractivity contribution in [1.82, 2.24) is 9.55 Å². The van der Waals surface area contributed by atoms with Crippen molar-refractivity contribution in [2.75, 3.05) is 23.4 Å². The van der Waals surface area contributed by atoms with Crippen molar-refractivity contribution in [3.63, 3.8) is 0 Å². The molecule has 122 valence electrons. The van der Waals surface area contributed by atoms with E-state index in [9.17, 15) is 9.18 Å². The van der Waals surface area contributed by atoms with Crippen LogP contribution in [0.3, 0.4) is 0 Å². The van der Waals surface area contributed by atoms with Crippen LogP contribution in [0.15, 0.2) is 35.1 Å². The maximum absolute atomic E-state index is 13.3. The van der Waals surface area contributed by atoms with Crippen LogP contribution in [0.2, 0.25) is 0 Å². The molecule has 2 aromatic rings. The third-order valence-electron chi connectivity index (χ3n) is 4.74. The van der Waals surface area contributed by atoms with Gasteiger partial charge in [-0.2, -0.15) is 4.98 Å². The fourth-order valence-electron chi connectivity index (χ4n) is 3.62. The van der Waals surface area contributed by atoms with Gasteiger partial charge in [0, 0.05) is 40.2 Å². The van der Waals surface area contributed by atoms with Crippen LogP contribution in [0.5, 0.6) is 0 Å². The smallest absolute Gasteiger partial charge is 0.351 e. The van der Waals surface area contributed by atoms with Crippen LogP contribution in [-0.2, 0) is 13.1 Å². The van der Waals surface area contributed by atoms with Crippen molar-refractivity contribution in [1.29, 1.82) is 0 Å². The van der Waals surface area contributed by atoms with E-state index in [1.54, 1.807) is 10.6 Å². The zero-order valence-corrected chi connectivity index (χ0v) is 13.1. The van der Waals surface area contributed by atoms with Gasteiger partial charge in [0.05, 0.1) is 0 Å². The summed E-state index contributed by atoms with van der Waals surface area (Å²) >= 11 is 0. The zero-order valence-electron chi connectivity index (χ0n) is 13.1. The number of anilines is 2. The van der Waals surface area contributed by atoms with Gasteiger partial charge in [-0.05, 0) is 30.5 Å². The lowest BCUT2D eigenvalue weighted by molar-refractivity contribution is 0.603. The van der Waals surface area contributed by atoms with Gasteiger partial charge in [0.15, 0.2) is 0 Å². The Kier molecular flexibility index (Phi) is 3.32. The largest absolute Gasteiger partial charge is 0.355 e. The highest BCUT2D eigenvalue weighted by Gasteiger charge is 2.34. The molecule has 3 heterocycles. The maximum Gasteiger partial charge on any atom is 0.351 e. The predicted octanol–water partition coefficient (Wildman–Crippen LogP) is 2.25. The van der Waals surface area contributed by atoms with E-state index in [1.807, 2.05) is 24.1 Å². The van der Waals surface area contributed by atoms with E-state index < -0.39 is 0 Å². The van der Waals surface area contributed by atoms with Gasteiger partial charge in [-0.15, -0.1) is 0 Å². The lowest BCUT2D eigenvalue weighted by Gasteiger charge is -2.21. The second-order valence-corrected chi connectivity index (χ2v) is 6.34. The van der Waals surface area contributed by atoms with Crippen LogP contribution in [0.25, 0.3) is 0 Å². The second kappa shape index (κ2) is 5.37. The number of halogens is 1. The summed E-state index contributed by atoms with van der Waals surface area (Å²) in [7, 11) is 1.88. The fourth-order valence-corrected chi connectivity index (χ4v) is 3.62. The standard InChI is InChI=1S/C17H19FN4O.H2/c1-20(10-12-4-2-5-13(18)8-12)15-9-16-21-7-3-6-14(21)11-22(16)17(23)19-15;/h2,4-5,8-9,14H,3,6-7,10-11H2,1H3;1H. The van der Waals surface area contributed by atoms with Crippen molar-refractivity contribution in [3.05, 3.63) is 52.2 Å². The van der Waals surface area contributed by atoms with Crippen molar-refractivity contribution >= 4 is 11.6 Å². The minimum atomic E-state index is -0.252. The molecule has 1 unspecified atom stereocenters. The van der Waals surface area contributed by atoms with Gasteiger partial charge in [-0.3, -0.25) is 4.57 Å². The van der Waals surface area contributed by atoms with Gasteiger partial charge in [-0.1, -0.05) is 12.1 Å². The lowest BCUT2D eigenvalue weighted by atomic mass is 10.2. The molecule has 0 radical (unpaired) electrons. The molecule has 1 saturated heterocycles. The molecule has 1 fully saturated rings. The molecule has 5 nitrogen and oxygen atoms in total. The highest BCUT2D eigenvalue weighted by atomic mass is 19.1. The number of nitrogens with zero attached hydrogens (tertiary/aromatic N) is 4. The minimum Gasteiger partial charge on any atom is -0.355 e. The number of rotatable bonds is 3. The SMILES string of the molecule is CN(Cc1cccc(F)c1)c1cc2n(c(=O)n1)CC1CCCN21.[HH]. The Morgan fingerprint density at radius 2 is 2.30 bits per heavy atom. The molecule has 23 heavy (non-hydrogen) atoms. The van der Waals surface area contributed by atoms with Crippen molar-refractivity contribution in [3.8, 4) is 0 Å². The van der Waals surface area contributed by atoms with E-state index >= 15 is 0 Å². The van der Waals surface area contributed by atoms with Crippen molar-refractivity contribution < 1.29 is 5.82 Å². The van der Waals surface area contributed by atoms with E-state index in [1.165, 1.54) is 18.6 Å². The van der Waals surface area contributed by atoms with Crippen molar-refractivity contribution in [2.45, 2.75) is 32.0 Å². The van der Waals surface area contributed by atoms with E-state index in [2.05, 4.69) is 9.88 Å². The average Bonchev–Trinajstić information content (AvgIpc) is 3.09. The number of hydrogen-bond donors (Lipinski definition) is 0. The highest BCUT2D eigenvalue weighted by Crippen LogP contribution is 2.33. The Hall–Kier alpha value is -2.37. The summed E-state index contributed by atoms with van der Waals surface area (Å²) in [6, 6.07) is 8.92. The summed E-state index contributed by atoms with van der Waals surface area (Å²) in [5.74, 6) is 1.35. The van der Waals surface area contributed by atoms with Crippen molar-refractivity contribution in [2.24, 2.45) is 0 Å². The average molecular weight is 316 g/mol. The van der Waals surface area contributed by atoms with Gasteiger partial charge < -0.3 is 9.80 Å². The topological polar surface area (TPSA) is 41.4 Å². The van der Waals surface area contributed by atoms with Crippen LogP contribution < -0.4 is 15.5 Å². The first-order valence-electron chi connectivity index (χ1n) is 7.96. The fraction of sp³-hybridized carbons (Fsp3) is 0.412. The molecule has 6 heteroatoms. The quantitative estimate of drug-likeness (QED) is 0.871. The molecule has 2 aliphatic rings. The number of hydrogen-bond acceptors (Lipinski definition) is 4. The summed E-state index contributed by atoms with van der Waals surface area (Å²) in [4.78, 5) is 20.7. The first-order valence-corrected chi connectivity index (χ1v) is 7.96. The third kappa shape index (κ3) is 2.48. The maximum atomic E-state index is 13.3. The van der Waals surface area contributed by atoms with Crippen LogP contribution in [0.1, 0.15) is 19.8 Å². The Labute approximate surface area is 135 Å². The van der Waals surface area contributed by atoms with E-state index in [4.69, 9.17) is 0 Å². The monoisotopic (exact) mass is 316 g/mol. The Bertz CT molecular complexity index is 809. The summed E-state index contributed by atoms with van der Waals surface area (Å²) in [5, 5.41) is 0. The molecule has 0 bridgehead atoms. The van der Waals surface area contributed by atoms with Crippen LogP contribution >= 0.6 is 0 Å². The van der Waals surface area contributed by atoms with Gasteiger partial charge in [0.1, 0.15) is 17.5 Å². The number of fused-ring (bicyclic) bond motifs is 3. The lowest BCUT2D eigenvalue weighted by Crippen LogP contribution is -2.27. The molecule has 0 aliphatic carbocycles. The van der Waals surface area contributed by atoms with Gasteiger partial charge >= 0.3 is 5.69 Å². The molecule has 0 N–H and O–H groups in total. The summed E-state index contributed by atoms with van der Waals surface area (Å²) in [5.41, 5.74) is 0.659. The van der Waals surface area contributed by atoms with Gasteiger partial charge in [0.2, 0.25) is 0 Å². The predicted molar refractivity (Wildman–Crippen MR) is 89.5 cm³/mol. The molecule has 1 aromatic heterocycles. The van der Waals surface area contributed by atoms with Crippen LogP contribution in [0.4, 0.5) is 16.0 Å². The molecule has 1 aromatic carbocycles. The van der Waals surface area contributed by atoms with E-state index in [-0.39, 0.29) is 12.9 Å². The number of aromatic nitrogens is 2. The normalized spacial score (nSPS) is 18.9. The van der Waals surface area contributed by atoms with E-state index in [0.717, 1.165) is 30.9 Å². The first-order chi connectivity index (χ1) is 11.1. The summed E-state index contributed by atoms with van der Waals surface area (Å²) < 4.78 is 15.1. The van der Waals surface area contributed by atoms with Crippen LogP contribution in [-0.4, -0.2) is 29.2 Å². The molecular weight excluding hydrogens is 295 g/mol. The molecule has 0 spiro atoms. The second-order valence-electron chi connectivity index (χ2n) is 6.34. The number of benzene rings is 1. The van der Waals surface area contributed by atoms with Gasteiger partial charge in [0.25, 0.3) is 0 Å². The van der Waals surface area contributed by atoms with Crippen LogP contribution in [0, 0.1) is 5.82 Å². The molecular formula is C17H21FN4O. The van der Waals surface area contributed by atoms with Gasteiger partial charge in [-0.25, -0.2) is 9.18 Å². The molecule has 0 amide bonds. The Balaban J connectivity index is 0.00000169. The summed E-state index contributed by atoms with van der Waals surface area (Å²) in [6.45, 7) is 2.26. The molecule has 1 atom stereocenters. The zero-order chi connectivity index (χ0) is 16.0. The van der Waals surface area contributed by atoms with E-state index in [0.29, 0.717) is 18.4 Å². The first kappa shape index (κ1) is 14.2. The Morgan fingerprint density at radius 3 is 3.13 bits per heavy atom. The molecule has 2 aliphatic heterocycles. The third-order valence-corrected chi connectivity index (χ3v) is 4.74. The summed E-state index contributed by atoms with van der Waals surface area (Å²) in [6.07, 6.45) is 2.31. The Morgan fingerprint density at radius 1 is 1.43 bits per heavy atom. The minimum absolute atomic E-state index is 0. The highest BCUT2D eigenvalue weighted by molar-refractivity contribution is 5.54. The molecule has 4 rings (SSSR count). The molecule has 0 saturated carbocycles.